The van der Waals surface area contributed by atoms with Crippen LogP contribution in [0.4, 0.5) is 5.69 Å². The normalized spacial score (nSPS) is 11.0. The van der Waals surface area contributed by atoms with Crippen molar-refractivity contribution in [2.24, 2.45) is 7.05 Å². The summed E-state index contributed by atoms with van der Waals surface area (Å²) in [4.78, 5) is 24.0. The molecule has 2 N–H and O–H groups in total. The first-order valence-electron chi connectivity index (χ1n) is 6.42. The summed E-state index contributed by atoms with van der Waals surface area (Å²) in [5, 5.41) is 0.830. The monoisotopic (exact) mass is 301 g/mol. The van der Waals surface area contributed by atoms with E-state index in [1.54, 1.807) is 24.3 Å². The van der Waals surface area contributed by atoms with Gasteiger partial charge in [-0.15, -0.1) is 11.3 Å². The van der Waals surface area contributed by atoms with Crippen LogP contribution in [0, 0.1) is 0 Å². The van der Waals surface area contributed by atoms with Gasteiger partial charge in [0.25, 0.3) is 5.91 Å². The molecule has 0 aliphatic carbocycles. The molecule has 0 fully saturated rings. The number of carbonyl (C=O) groups is 1. The van der Waals surface area contributed by atoms with Crippen LogP contribution in [0.3, 0.4) is 0 Å². The van der Waals surface area contributed by atoms with Crippen molar-refractivity contribution in [3.05, 3.63) is 41.4 Å². The first-order valence-corrected chi connectivity index (χ1v) is 7.24. The molecule has 108 valence electrons. The van der Waals surface area contributed by atoms with Crippen molar-refractivity contribution in [1.29, 1.82) is 0 Å². The predicted molar refractivity (Wildman–Crippen MR) is 83.0 cm³/mol. The molecule has 6 nitrogen and oxygen atoms in total. The quantitative estimate of drug-likeness (QED) is 0.801. The van der Waals surface area contributed by atoms with Crippen molar-refractivity contribution in [1.82, 2.24) is 19.4 Å². The van der Waals surface area contributed by atoms with Crippen LogP contribution in [-0.2, 0) is 13.6 Å². The molecule has 0 aliphatic heterocycles. The number of rotatable bonds is 3. The minimum atomic E-state index is -0.112. The fourth-order valence-electron chi connectivity index (χ4n) is 2.12. The number of carbonyl (C=O) groups excluding carboxylic acids is 1. The summed E-state index contributed by atoms with van der Waals surface area (Å²) in [7, 11) is 3.65. The van der Waals surface area contributed by atoms with Crippen LogP contribution in [0.15, 0.2) is 30.7 Å². The number of anilines is 1. The van der Waals surface area contributed by atoms with E-state index >= 15 is 0 Å². The first-order chi connectivity index (χ1) is 10.1. The molecule has 0 saturated carbocycles. The predicted octanol–water partition coefficient (Wildman–Crippen LogP) is 1.88. The summed E-state index contributed by atoms with van der Waals surface area (Å²) < 4.78 is 1.89. The summed E-state index contributed by atoms with van der Waals surface area (Å²) in [5.74, 6) is 0.710. The van der Waals surface area contributed by atoms with Gasteiger partial charge in [-0.05, 0) is 12.1 Å². The summed E-state index contributed by atoms with van der Waals surface area (Å²) in [6, 6.07) is 3.70. The van der Waals surface area contributed by atoms with E-state index in [-0.39, 0.29) is 5.91 Å². The molecule has 0 spiro atoms. The van der Waals surface area contributed by atoms with Gasteiger partial charge in [0.2, 0.25) is 0 Å². The van der Waals surface area contributed by atoms with Gasteiger partial charge in [-0.2, -0.15) is 0 Å². The molecule has 3 rings (SSSR count). The van der Waals surface area contributed by atoms with E-state index in [1.807, 2.05) is 29.9 Å². The number of aryl methyl sites for hydroxylation is 1. The number of fused-ring (bicyclic) bond motifs is 1. The zero-order chi connectivity index (χ0) is 15.0. The Morgan fingerprint density at radius 3 is 2.90 bits per heavy atom. The van der Waals surface area contributed by atoms with Crippen LogP contribution in [0.25, 0.3) is 10.2 Å². The maximum Gasteiger partial charge on any atom is 0.266 e. The molecule has 0 aliphatic rings. The van der Waals surface area contributed by atoms with E-state index in [0.717, 1.165) is 16.0 Å². The summed E-state index contributed by atoms with van der Waals surface area (Å²) in [5.41, 5.74) is 6.58. The Hall–Kier alpha value is -2.41. The molecule has 3 aromatic rings. The van der Waals surface area contributed by atoms with Crippen molar-refractivity contribution in [2.45, 2.75) is 6.54 Å². The molecule has 3 aromatic heterocycles. The minimum Gasteiger partial charge on any atom is -0.397 e. The molecular weight excluding hydrogens is 286 g/mol. The lowest BCUT2D eigenvalue weighted by molar-refractivity contribution is 0.0786. The fraction of sp³-hybridized carbons (Fsp3) is 0.214. The number of aromatic nitrogens is 3. The van der Waals surface area contributed by atoms with E-state index in [4.69, 9.17) is 5.73 Å². The van der Waals surface area contributed by atoms with Gasteiger partial charge in [0, 0.05) is 38.1 Å². The third-order valence-electron chi connectivity index (χ3n) is 3.35. The lowest BCUT2D eigenvalue weighted by Crippen LogP contribution is -2.27. The summed E-state index contributed by atoms with van der Waals surface area (Å²) >= 11 is 1.32. The number of nitrogens with two attached hydrogens (primary N) is 1. The zero-order valence-electron chi connectivity index (χ0n) is 11.8. The second kappa shape index (κ2) is 5.17. The van der Waals surface area contributed by atoms with Crippen LogP contribution < -0.4 is 5.73 Å². The van der Waals surface area contributed by atoms with E-state index in [1.165, 1.54) is 11.3 Å². The number of nitrogen functional groups attached to an aromatic ring is 1. The number of nitrogens with zero attached hydrogens (tertiary/aromatic N) is 4. The minimum absolute atomic E-state index is 0.112. The highest BCUT2D eigenvalue weighted by atomic mass is 32.1. The van der Waals surface area contributed by atoms with Gasteiger partial charge in [-0.1, -0.05) is 0 Å². The highest BCUT2D eigenvalue weighted by Crippen LogP contribution is 2.32. The highest BCUT2D eigenvalue weighted by molar-refractivity contribution is 7.21. The molecule has 0 atom stereocenters. The Balaban J connectivity index is 1.89. The van der Waals surface area contributed by atoms with Crippen molar-refractivity contribution >= 4 is 33.1 Å². The number of hydrogen-bond donors (Lipinski definition) is 1. The van der Waals surface area contributed by atoms with E-state index in [9.17, 15) is 4.79 Å². The first kappa shape index (κ1) is 13.6. The maximum atomic E-state index is 12.6. The molecule has 0 saturated heterocycles. The summed E-state index contributed by atoms with van der Waals surface area (Å²) in [6.07, 6.45) is 5.26. The third-order valence-corrected chi connectivity index (χ3v) is 4.46. The van der Waals surface area contributed by atoms with Crippen molar-refractivity contribution in [3.8, 4) is 0 Å². The van der Waals surface area contributed by atoms with Crippen LogP contribution in [0.2, 0.25) is 0 Å². The lowest BCUT2D eigenvalue weighted by Gasteiger charge is -2.16. The Bertz CT molecular complexity index is 807. The summed E-state index contributed by atoms with van der Waals surface area (Å²) in [6.45, 7) is 0.434. The molecule has 0 bridgehead atoms. The van der Waals surface area contributed by atoms with Crippen LogP contribution >= 0.6 is 11.3 Å². The standard InChI is InChI=1S/C14H15N5OS/c1-18-7-6-16-10(18)8-19(2)14(20)12-11(15)9-4-3-5-17-13(9)21-12/h3-7H,8,15H2,1-2H3. The molecule has 0 aromatic carbocycles. The molecular formula is C14H15N5OS. The van der Waals surface area contributed by atoms with Crippen molar-refractivity contribution < 1.29 is 4.79 Å². The largest absolute Gasteiger partial charge is 0.397 e. The SMILES string of the molecule is CN(Cc1nccn1C)C(=O)c1sc2ncccc2c1N. The number of hydrogen-bond acceptors (Lipinski definition) is 5. The van der Waals surface area contributed by atoms with Crippen molar-refractivity contribution in [3.63, 3.8) is 0 Å². The second-order valence-corrected chi connectivity index (χ2v) is 5.82. The lowest BCUT2D eigenvalue weighted by atomic mass is 10.2. The van der Waals surface area contributed by atoms with Crippen LogP contribution in [0.5, 0.6) is 0 Å². The Morgan fingerprint density at radius 1 is 1.43 bits per heavy atom. The van der Waals surface area contributed by atoms with Crippen molar-refractivity contribution in [2.75, 3.05) is 12.8 Å². The Labute approximate surface area is 125 Å². The van der Waals surface area contributed by atoms with Gasteiger partial charge >= 0.3 is 0 Å². The van der Waals surface area contributed by atoms with Gasteiger partial charge in [0.15, 0.2) is 0 Å². The average molecular weight is 301 g/mol. The van der Waals surface area contributed by atoms with Gasteiger partial charge in [0.05, 0.1) is 12.2 Å². The molecule has 1 amide bonds. The Morgan fingerprint density at radius 2 is 2.24 bits per heavy atom. The van der Waals surface area contributed by atoms with E-state index in [2.05, 4.69) is 9.97 Å². The van der Waals surface area contributed by atoms with E-state index in [0.29, 0.717) is 17.1 Å². The van der Waals surface area contributed by atoms with Gasteiger partial charge in [0.1, 0.15) is 15.5 Å². The zero-order valence-corrected chi connectivity index (χ0v) is 12.6. The maximum absolute atomic E-state index is 12.6. The van der Waals surface area contributed by atoms with Crippen LogP contribution in [-0.4, -0.2) is 32.4 Å². The fourth-order valence-corrected chi connectivity index (χ4v) is 3.17. The molecule has 3 heterocycles. The molecule has 0 unspecified atom stereocenters. The molecule has 0 radical (unpaired) electrons. The molecule has 21 heavy (non-hydrogen) atoms. The number of imidazole rings is 1. The van der Waals surface area contributed by atoms with E-state index < -0.39 is 0 Å². The molecule has 7 heteroatoms. The second-order valence-electron chi connectivity index (χ2n) is 4.82. The topological polar surface area (TPSA) is 77.0 Å². The number of amides is 1. The number of pyridine rings is 1. The van der Waals surface area contributed by atoms with Gasteiger partial charge < -0.3 is 15.2 Å². The average Bonchev–Trinajstić information content (AvgIpc) is 3.03. The Kier molecular flexibility index (Phi) is 3.34. The number of thiophene rings is 1. The third kappa shape index (κ3) is 2.36. The highest BCUT2D eigenvalue weighted by Gasteiger charge is 2.21. The van der Waals surface area contributed by atoms with Gasteiger partial charge in [-0.3, -0.25) is 4.79 Å². The van der Waals surface area contributed by atoms with Gasteiger partial charge in [-0.25, -0.2) is 9.97 Å². The smallest absolute Gasteiger partial charge is 0.266 e. The van der Waals surface area contributed by atoms with Crippen LogP contribution in [0.1, 0.15) is 15.5 Å².